The Balaban J connectivity index is 2.20. The summed E-state index contributed by atoms with van der Waals surface area (Å²) in [6.07, 6.45) is 2.93. The summed E-state index contributed by atoms with van der Waals surface area (Å²) in [5.41, 5.74) is 1.16. The Bertz CT molecular complexity index is 460. The quantitative estimate of drug-likeness (QED) is 0.492. The molecule has 1 aliphatic heterocycles. The topological polar surface area (TPSA) is 96.5 Å². The van der Waals surface area contributed by atoms with Crippen molar-refractivity contribution in [1.82, 2.24) is 15.4 Å². The number of carbonyl (C=O) groups excluding carboxylic acids is 1. The number of carbonyl (C=O) groups is 1. The van der Waals surface area contributed by atoms with Gasteiger partial charge in [-0.05, 0) is 26.8 Å². The lowest BCUT2D eigenvalue weighted by molar-refractivity contribution is -0.119. The van der Waals surface area contributed by atoms with Gasteiger partial charge >= 0.3 is 0 Å². The van der Waals surface area contributed by atoms with Gasteiger partial charge in [-0.25, -0.2) is 13.1 Å². The molecule has 0 aromatic heterocycles. The van der Waals surface area contributed by atoms with Crippen LogP contribution in [-0.2, 0) is 19.6 Å². The Kier molecular flexibility index (Phi) is 7.87. The van der Waals surface area contributed by atoms with Crippen molar-refractivity contribution in [2.45, 2.75) is 26.4 Å². The first-order valence-corrected chi connectivity index (χ1v) is 8.78. The van der Waals surface area contributed by atoms with E-state index in [4.69, 9.17) is 4.74 Å². The van der Waals surface area contributed by atoms with E-state index in [2.05, 4.69) is 15.4 Å². The lowest BCUT2D eigenvalue weighted by Gasteiger charge is -2.14. The Labute approximate surface area is 126 Å². The molecule has 8 heteroatoms. The minimum absolute atomic E-state index is 0.0123. The van der Waals surface area contributed by atoms with Gasteiger partial charge in [0.25, 0.3) is 0 Å². The van der Waals surface area contributed by atoms with Crippen LogP contribution in [0.3, 0.4) is 0 Å². The van der Waals surface area contributed by atoms with Gasteiger partial charge in [0, 0.05) is 13.1 Å². The number of nitrogens with one attached hydrogen (secondary N) is 3. The molecule has 0 fully saturated rings. The van der Waals surface area contributed by atoms with Crippen LogP contribution in [0.5, 0.6) is 0 Å². The van der Waals surface area contributed by atoms with E-state index in [-0.39, 0.29) is 30.9 Å². The summed E-state index contributed by atoms with van der Waals surface area (Å²) in [6, 6.07) is 0. The number of hydrogen-bond acceptors (Lipinski definition) is 5. The molecule has 21 heavy (non-hydrogen) atoms. The third-order valence-electron chi connectivity index (χ3n) is 2.93. The van der Waals surface area contributed by atoms with Gasteiger partial charge in [0.2, 0.25) is 15.9 Å². The minimum Gasteiger partial charge on any atom is -0.378 e. The average molecular weight is 319 g/mol. The first-order chi connectivity index (χ1) is 9.89. The molecule has 7 nitrogen and oxygen atoms in total. The highest BCUT2D eigenvalue weighted by Crippen LogP contribution is 2.01. The highest BCUT2D eigenvalue weighted by Gasteiger charge is 2.13. The van der Waals surface area contributed by atoms with Crippen LogP contribution in [0, 0.1) is 0 Å². The summed E-state index contributed by atoms with van der Waals surface area (Å²) in [7, 11) is -3.48. The van der Waals surface area contributed by atoms with E-state index < -0.39 is 10.0 Å². The number of ether oxygens (including phenoxy) is 1. The Morgan fingerprint density at radius 1 is 1.48 bits per heavy atom. The molecule has 0 aromatic carbocycles. The standard InChI is InChI=1S/C13H25N3O4S/c1-11(2)20-7-8-21(18,19)16-10-13(17)15-9-12-3-5-14-6-4-12/h3,11,14,16H,4-10H2,1-2H3,(H,15,17). The summed E-state index contributed by atoms with van der Waals surface area (Å²) in [5.74, 6) is -0.474. The molecule has 122 valence electrons. The van der Waals surface area contributed by atoms with Crippen LogP contribution in [0.2, 0.25) is 0 Å². The molecular formula is C13H25N3O4S. The first kappa shape index (κ1) is 18.1. The van der Waals surface area contributed by atoms with Gasteiger partial charge in [0.15, 0.2) is 0 Å². The van der Waals surface area contributed by atoms with Crippen molar-refractivity contribution in [3.63, 3.8) is 0 Å². The summed E-state index contributed by atoms with van der Waals surface area (Å²) in [6.45, 7) is 5.74. The Morgan fingerprint density at radius 2 is 2.24 bits per heavy atom. The molecule has 0 unspecified atom stereocenters. The fourth-order valence-electron chi connectivity index (χ4n) is 1.75. The number of amides is 1. The zero-order chi connectivity index (χ0) is 15.7. The summed E-state index contributed by atoms with van der Waals surface area (Å²) < 4.78 is 30.7. The van der Waals surface area contributed by atoms with E-state index >= 15 is 0 Å². The first-order valence-electron chi connectivity index (χ1n) is 7.13. The van der Waals surface area contributed by atoms with Gasteiger partial charge in [-0.15, -0.1) is 0 Å². The third kappa shape index (κ3) is 8.82. The normalized spacial score (nSPS) is 15.9. The van der Waals surface area contributed by atoms with Gasteiger partial charge in [-0.1, -0.05) is 11.6 Å². The highest BCUT2D eigenvalue weighted by atomic mass is 32.2. The minimum atomic E-state index is -3.48. The zero-order valence-electron chi connectivity index (χ0n) is 12.6. The maximum atomic E-state index is 11.6. The fraction of sp³-hybridized carbons (Fsp3) is 0.769. The SMILES string of the molecule is CC(C)OCCS(=O)(=O)NCC(=O)NCC1=CCNCC1. The molecule has 1 aliphatic rings. The van der Waals surface area contributed by atoms with Crippen molar-refractivity contribution in [3.8, 4) is 0 Å². The van der Waals surface area contributed by atoms with Gasteiger partial charge in [0.1, 0.15) is 0 Å². The van der Waals surface area contributed by atoms with Gasteiger partial charge in [0.05, 0.1) is 25.0 Å². The van der Waals surface area contributed by atoms with E-state index in [1.165, 1.54) is 0 Å². The predicted molar refractivity (Wildman–Crippen MR) is 81.5 cm³/mol. The van der Waals surface area contributed by atoms with Crippen molar-refractivity contribution in [2.24, 2.45) is 0 Å². The van der Waals surface area contributed by atoms with Crippen LogP contribution in [0.15, 0.2) is 11.6 Å². The molecule has 1 rings (SSSR count). The molecule has 3 N–H and O–H groups in total. The van der Waals surface area contributed by atoms with Crippen LogP contribution >= 0.6 is 0 Å². The summed E-state index contributed by atoms with van der Waals surface area (Å²) in [4.78, 5) is 11.6. The van der Waals surface area contributed by atoms with Gasteiger partial charge < -0.3 is 15.4 Å². The average Bonchev–Trinajstić information content (AvgIpc) is 2.43. The van der Waals surface area contributed by atoms with E-state index in [0.717, 1.165) is 25.1 Å². The third-order valence-corrected chi connectivity index (χ3v) is 4.21. The molecular weight excluding hydrogens is 294 g/mol. The molecule has 0 bridgehead atoms. The smallest absolute Gasteiger partial charge is 0.235 e. The molecule has 0 saturated carbocycles. The van der Waals surface area contributed by atoms with Crippen LogP contribution in [0.4, 0.5) is 0 Å². The predicted octanol–water partition coefficient (Wildman–Crippen LogP) is -0.633. The van der Waals surface area contributed by atoms with Crippen LogP contribution in [0.1, 0.15) is 20.3 Å². The number of rotatable bonds is 9. The zero-order valence-corrected chi connectivity index (χ0v) is 13.5. The molecule has 0 aliphatic carbocycles. The van der Waals surface area contributed by atoms with Crippen molar-refractivity contribution >= 4 is 15.9 Å². The van der Waals surface area contributed by atoms with Crippen molar-refractivity contribution in [1.29, 1.82) is 0 Å². The molecule has 0 radical (unpaired) electrons. The second kappa shape index (κ2) is 9.14. The lowest BCUT2D eigenvalue weighted by Crippen LogP contribution is -2.39. The number of hydrogen-bond donors (Lipinski definition) is 3. The van der Waals surface area contributed by atoms with Crippen molar-refractivity contribution in [3.05, 3.63) is 11.6 Å². The second-order valence-electron chi connectivity index (χ2n) is 5.15. The highest BCUT2D eigenvalue weighted by molar-refractivity contribution is 7.89. The van der Waals surface area contributed by atoms with Crippen LogP contribution in [-0.4, -0.2) is 59.0 Å². The van der Waals surface area contributed by atoms with Gasteiger partial charge in [-0.2, -0.15) is 0 Å². The molecule has 1 amide bonds. The Hall–Kier alpha value is -0.960. The molecule has 0 spiro atoms. The van der Waals surface area contributed by atoms with E-state index in [1.807, 2.05) is 19.9 Å². The van der Waals surface area contributed by atoms with E-state index in [9.17, 15) is 13.2 Å². The maximum Gasteiger partial charge on any atom is 0.235 e. The number of sulfonamides is 1. The van der Waals surface area contributed by atoms with Crippen LogP contribution in [0.25, 0.3) is 0 Å². The van der Waals surface area contributed by atoms with Crippen molar-refractivity contribution in [2.75, 3.05) is 38.5 Å². The van der Waals surface area contributed by atoms with E-state index in [1.54, 1.807) is 0 Å². The lowest BCUT2D eigenvalue weighted by atomic mass is 10.1. The molecule has 0 aromatic rings. The second-order valence-corrected chi connectivity index (χ2v) is 7.08. The molecule has 0 atom stereocenters. The Morgan fingerprint density at radius 3 is 2.86 bits per heavy atom. The monoisotopic (exact) mass is 319 g/mol. The van der Waals surface area contributed by atoms with E-state index in [0.29, 0.717) is 6.54 Å². The summed E-state index contributed by atoms with van der Waals surface area (Å²) in [5, 5.41) is 5.89. The molecule has 1 heterocycles. The van der Waals surface area contributed by atoms with Gasteiger partial charge in [-0.3, -0.25) is 4.79 Å². The maximum absolute atomic E-state index is 11.6. The van der Waals surface area contributed by atoms with Crippen LogP contribution < -0.4 is 15.4 Å². The summed E-state index contributed by atoms with van der Waals surface area (Å²) >= 11 is 0. The van der Waals surface area contributed by atoms with Crippen molar-refractivity contribution < 1.29 is 17.9 Å². The fourth-order valence-corrected chi connectivity index (χ4v) is 2.56. The molecule has 0 saturated heterocycles. The largest absolute Gasteiger partial charge is 0.378 e.